The van der Waals surface area contributed by atoms with E-state index in [0.29, 0.717) is 0 Å². The molecule has 11 heavy (non-hydrogen) atoms. The lowest BCUT2D eigenvalue weighted by Gasteiger charge is -2.16. The molecule has 2 rings (SSSR count). The van der Waals surface area contributed by atoms with Crippen LogP contribution in [-0.2, 0) is 0 Å². The van der Waals surface area contributed by atoms with E-state index < -0.39 is 0 Å². The lowest BCUT2D eigenvalue weighted by atomic mass is 10.4. The van der Waals surface area contributed by atoms with Gasteiger partial charge < -0.3 is 0 Å². The second-order valence-corrected chi connectivity index (χ2v) is 3.08. The fourth-order valence-corrected chi connectivity index (χ4v) is 1.48. The summed E-state index contributed by atoms with van der Waals surface area (Å²) in [7, 11) is 0. The van der Waals surface area contributed by atoms with Gasteiger partial charge in [-0.15, -0.1) is 0 Å². The number of nitrogens with zero attached hydrogens (tertiary/aromatic N) is 3. The summed E-state index contributed by atoms with van der Waals surface area (Å²) in [6, 6.07) is 0. The van der Waals surface area contributed by atoms with E-state index in [1.807, 2.05) is 6.08 Å². The van der Waals surface area contributed by atoms with Gasteiger partial charge >= 0.3 is 0 Å². The van der Waals surface area contributed by atoms with E-state index >= 15 is 0 Å². The molecule has 1 aromatic heterocycles. The Hall–Kier alpha value is -1.07. The van der Waals surface area contributed by atoms with Crippen LogP contribution in [0.1, 0.15) is 5.69 Å². The molecule has 0 saturated carbocycles. The van der Waals surface area contributed by atoms with E-state index in [2.05, 4.69) is 9.97 Å². The average molecular weight is 166 g/mol. The summed E-state index contributed by atoms with van der Waals surface area (Å²) in [5.41, 5.74) is 0.923. The van der Waals surface area contributed by atoms with Crippen molar-refractivity contribution in [3.63, 3.8) is 0 Å². The Morgan fingerprint density at radius 2 is 2.45 bits per heavy atom. The molecule has 1 aliphatic rings. The van der Waals surface area contributed by atoms with Crippen molar-refractivity contribution in [2.24, 2.45) is 5.84 Å². The standard InChI is InChI=1S/C6H6N4S/c7-10-2-1-5-6(11-10)3-8-4-9-5/h1-4H,7H2. The quantitative estimate of drug-likeness (QED) is 0.453. The number of hydrogen-bond acceptors (Lipinski definition) is 5. The molecule has 0 radical (unpaired) electrons. The van der Waals surface area contributed by atoms with Gasteiger partial charge in [0.05, 0.1) is 10.6 Å². The molecule has 1 aliphatic heterocycles. The van der Waals surface area contributed by atoms with Gasteiger partial charge in [0.1, 0.15) is 6.33 Å². The van der Waals surface area contributed by atoms with E-state index in [0.717, 1.165) is 10.6 Å². The van der Waals surface area contributed by atoms with Crippen molar-refractivity contribution in [1.29, 1.82) is 0 Å². The summed E-state index contributed by atoms with van der Waals surface area (Å²) in [5.74, 6) is 5.50. The first-order valence-corrected chi connectivity index (χ1v) is 3.84. The molecule has 0 amide bonds. The van der Waals surface area contributed by atoms with Gasteiger partial charge in [-0.25, -0.2) is 15.8 Å². The molecule has 0 atom stereocenters. The van der Waals surface area contributed by atoms with Gasteiger partial charge in [0.15, 0.2) is 0 Å². The van der Waals surface area contributed by atoms with Crippen LogP contribution in [0, 0.1) is 0 Å². The normalized spacial score (nSPS) is 14.8. The molecule has 0 saturated heterocycles. The maximum atomic E-state index is 5.50. The van der Waals surface area contributed by atoms with Crippen LogP contribution >= 0.6 is 11.9 Å². The third-order valence-electron chi connectivity index (χ3n) is 1.29. The van der Waals surface area contributed by atoms with Crippen LogP contribution in [0.25, 0.3) is 6.08 Å². The molecule has 0 aromatic carbocycles. The maximum absolute atomic E-state index is 5.50. The van der Waals surface area contributed by atoms with Gasteiger partial charge in [-0.05, 0) is 6.08 Å². The zero-order chi connectivity index (χ0) is 7.68. The monoisotopic (exact) mass is 166 g/mol. The van der Waals surface area contributed by atoms with Crippen LogP contribution in [0.2, 0.25) is 0 Å². The minimum atomic E-state index is 0.923. The van der Waals surface area contributed by atoms with Gasteiger partial charge in [-0.1, -0.05) is 0 Å². The Balaban J connectivity index is 2.46. The number of rotatable bonds is 0. The fraction of sp³-hybridized carbons (Fsp3) is 0. The number of fused-ring (bicyclic) bond motifs is 1. The zero-order valence-corrected chi connectivity index (χ0v) is 6.45. The van der Waals surface area contributed by atoms with Crippen molar-refractivity contribution in [2.75, 3.05) is 0 Å². The van der Waals surface area contributed by atoms with Gasteiger partial charge in [0, 0.05) is 24.3 Å². The van der Waals surface area contributed by atoms with Crippen LogP contribution < -0.4 is 5.84 Å². The molecule has 0 aliphatic carbocycles. The number of nitrogens with two attached hydrogens (primary N) is 1. The first-order chi connectivity index (χ1) is 5.36. The number of hydrogen-bond donors (Lipinski definition) is 1. The highest BCUT2D eigenvalue weighted by Crippen LogP contribution is 2.26. The highest BCUT2D eigenvalue weighted by atomic mass is 32.2. The van der Waals surface area contributed by atoms with Crippen LogP contribution in [0.4, 0.5) is 0 Å². The topological polar surface area (TPSA) is 55.0 Å². The summed E-state index contributed by atoms with van der Waals surface area (Å²) >= 11 is 1.41. The van der Waals surface area contributed by atoms with Crippen molar-refractivity contribution in [3.8, 4) is 0 Å². The molecule has 2 N–H and O–H groups in total. The zero-order valence-electron chi connectivity index (χ0n) is 5.64. The smallest absolute Gasteiger partial charge is 0.116 e. The third kappa shape index (κ3) is 1.20. The highest BCUT2D eigenvalue weighted by molar-refractivity contribution is 7.97. The number of aromatic nitrogens is 2. The van der Waals surface area contributed by atoms with Crippen molar-refractivity contribution in [2.45, 2.75) is 4.90 Å². The molecule has 0 bridgehead atoms. The van der Waals surface area contributed by atoms with Gasteiger partial charge in [0.2, 0.25) is 0 Å². The molecule has 4 nitrogen and oxygen atoms in total. The number of hydrazine groups is 1. The summed E-state index contributed by atoms with van der Waals surface area (Å²) in [4.78, 5) is 8.92. The summed E-state index contributed by atoms with van der Waals surface area (Å²) < 4.78 is 1.52. The largest absolute Gasteiger partial charge is 0.256 e. The first-order valence-electron chi connectivity index (χ1n) is 3.06. The predicted octanol–water partition coefficient (Wildman–Crippen LogP) is 0.644. The summed E-state index contributed by atoms with van der Waals surface area (Å²) in [6.07, 6.45) is 6.89. The second-order valence-electron chi connectivity index (χ2n) is 2.04. The van der Waals surface area contributed by atoms with Crippen molar-refractivity contribution in [3.05, 3.63) is 24.4 Å². The van der Waals surface area contributed by atoms with Crippen molar-refractivity contribution >= 4 is 18.0 Å². The van der Waals surface area contributed by atoms with E-state index in [1.54, 1.807) is 12.4 Å². The summed E-state index contributed by atoms with van der Waals surface area (Å²) in [5, 5.41) is 0. The summed E-state index contributed by atoms with van der Waals surface area (Å²) in [6.45, 7) is 0. The van der Waals surface area contributed by atoms with Crippen molar-refractivity contribution in [1.82, 2.24) is 14.4 Å². The maximum Gasteiger partial charge on any atom is 0.116 e. The van der Waals surface area contributed by atoms with Crippen LogP contribution in [0.3, 0.4) is 0 Å². The Bertz CT molecular complexity index is 298. The Kier molecular flexibility index (Phi) is 1.52. The lowest BCUT2D eigenvalue weighted by Crippen LogP contribution is -2.18. The highest BCUT2D eigenvalue weighted by Gasteiger charge is 2.08. The molecule has 1 aromatic rings. The van der Waals surface area contributed by atoms with Gasteiger partial charge in [-0.3, -0.25) is 4.41 Å². The Morgan fingerprint density at radius 3 is 3.36 bits per heavy atom. The lowest BCUT2D eigenvalue weighted by molar-refractivity contribution is 0.669. The average Bonchev–Trinajstić information content (AvgIpc) is 2.04. The fourth-order valence-electron chi connectivity index (χ4n) is 0.810. The molecule has 56 valence electrons. The van der Waals surface area contributed by atoms with Crippen LogP contribution in [0.15, 0.2) is 23.6 Å². The van der Waals surface area contributed by atoms with E-state index in [-0.39, 0.29) is 0 Å². The molecule has 2 heterocycles. The SMILES string of the molecule is NN1C=Cc2ncncc2S1. The molecule has 0 spiro atoms. The molecular formula is C6H6N4S. The van der Waals surface area contributed by atoms with E-state index in [4.69, 9.17) is 5.84 Å². The second kappa shape index (κ2) is 2.52. The molecule has 5 heteroatoms. The van der Waals surface area contributed by atoms with Crippen LogP contribution in [-0.4, -0.2) is 14.4 Å². The molecular weight excluding hydrogens is 160 g/mol. The molecule has 0 unspecified atom stereocenters. The van der Waals surface area contributed by atoms with Crippen LogP contribution in [0.5, 0.6) is 0 Å². The minimum absolute atomic E-state index is 0.923. The van der Waals surface area contributed by atoms with E-state index in [1.165, 1.54) is 22.7 Å². The van der Waals surface area contributed by atoms with Gasteiger partial charge in [0.25, 0.3) is 0 Å². The minimum Gasteiger partial charge on any atom is -0.256 e. The van der Waals surface area contributed by atoms with E-state index in [9.17, 15) is 0 Å². The Labute approximate surface area is 68.2 Å². The third-order valence-corrected chi connectivity index (χ3v) is 2.13. The van der Waals surface area contributed by atoms with Crippen molar-refractivity contribution < 1.29 is 0 Å². The first kappa shape index (κ1) is 6.63. The molecule has 0 fully saturated rings. The Morgan fingerprint density at radius 1 is 1.55 bits per heavy atom. The van der Waals surface area contributed by atoms with Gasteiger partial charge in [-0.2, -0.15) is 0 Å². The predicted molar refractivity (Wildman–Crippen MR) is 42.9 cm³/mol.